The summed E-state index contributed by atoms with van der Waals surface area (Å²) in [5, 5.41) is 2.90. The molecule has 0 bridgehead atoms. The van der Waals surface area contributed by atoms with Crippen LogP contribution in [0.15, 0.2) is 30.3 Å². The van der Waals surface area contributed by atoms with Gasteiger partial charge in [0.25, 0.3) is 5.91 Å². The maximum atomic E-state index is 13.9. The molecule has 100 valence electrons. The number of carbonyl (C=O) groups excluding carboxylic acids is 1. The second-order valence-electron chi connectivity index (χ2n) is 4.19. The molecule has 0 unspecified atom stereocenters. The van der Waals surface area contributed by atoms with E-state index in [-0.39, 0.29) is 27.2 Å². The van der Waals surface area contributed by atoms with E-state index in [1.165, 1.54) is 18.2 Å². The number of aromatic nitrogens is 1. The van der Waals surface area contributed by atoms with E-state index in [9.17, 15) is 9.18 Å². The van der Waals surface area contributed by atoms with Crippen LogP contribution in [0.3, 0.4) is 0 Å². The van der Waals surface area contributed by atoms with Gasteiger partial charge >= 0.3 is 0 Å². The van der Waals surface area contributed by atoms with Crippen molar-refractivity contribution in [1.29, 1.82) is 0 Å². The normalized spacial score (nSPS) is 15.3. The molecule has 2 aromatic rings. The number of nitrogens with zero attached hydrogens (tertiary/aromatic N) is 1. The van der Waals surface area contributed by atoms with Crippen molar-refractivity contribution in [3.8, 4) is 0 Å². The minimum atomic E-state index is -0.579. The summed E-state index contributed by atoms with van der Waals surface area (Å²) in [4.78, 5) is 16.0. The Morgan fingerprint density at radius 1 is 1.20 bits per heavy atom. The van der Waals surface area contributed by atoms with Crippen molar-refractivity contribution in [2.24, 2.45) is 0 Å². The fourth-order valence-electron chi connectivity index (χ4n) is 1.96. The molecule has 1 amide bonds. The molecule has 1 aromatic carbocycles. The van der Waals surface area contributed by atoms with E-state index in [0.717, 1.165) is 0 Å². The quantitative estimate of drug-likeness (QED) is 0.638. The first-order chi connectivity index (χ1) is 9.56. The molecule has 1 aliphatic heterocycles. The molecule has 3 rings (SSSR count). The van der Waals surface area contributed by atoms with Gasteiger partial charge in [0, 0.05) is 5.56 Å². The van der Waals surface area contributed by atoms with E-state index >= 15 is 0 Å². The van der Waals surface area contributed by atoms with Gasteiger partial charge in [-0.15, -0.1) is 0 Å². The lowest BCUT2D eigenvalue weighted by Gasteiger charge is -2.01. The number of anilines is 1. The Morgan fingerprint density at radius 3 is 2.80 bits per heavy atom. The summed E-state index contributed by atoms with van der Waals surface area (Å²) in [7, 11) is 0. The zero-order chi connectivity index (χ0) is 14.3. The summed E-state index contributed by atoms with van der Waals surface area (Å²) in [6.45, 7) is 0. The van der Waals surface area contributed by atoms with E-state index in [1.54, 1.807) is 18.2 Å². The van der Waals surface area contributed by atoms with Gasteiger partial charge in [0.1, 0.15) is 16.7 Å². The molecule has 0 radical (unpaired) electrons. The molecule has 0 spiro atoms. The van der Waals surface area contributed by atoms with Gasteiger partial charge < -0.3 is 5.32 Å². The predicted molar refractivity (Wildman–Crippen MR) is 77.2 cm³/mol. The highest BCUT2D eigenvalue weighted by atomic mass is 35.5. The summed E-state index contributed by atoms with van der Waals surface area (Å²) >= 11 is 11.5. The number of hydrogen-bond donors (Lipinski definition) is 1. The van der Waals surface area contributed by atoms with Crippen LogP contribution >= 0.6 is 23.2 Å². The third-order valence-electron chi connectivity index (χ3n) is 2.89. The largest absolute Gasteiger partial charge is 0.320 e. The van der Waals surface area contributed by atoms with Gasteiger partial charge in [0.2, 0.25) is 0 Å². The van der Waals surface area contributed by atoms with Crippen molar-refractivity contribution in [2.75, 3.05) is 5.32 Å². The first kappa shape index (κ1) is 13.1. The number of benzene rings is 1. The van der Waals surface area contributed by atoms with Crippen LogP contribution in [0.2, 0.25) is 10.2 Å². The van der Waals surface area contributed by atoms with Crippen molar-refractivity contribution >= 4 is 46.4 Å². The molecule has 0 saturated carbocycles. The van der Waals surface area contributed by atoms with E-state index in [1.807, 2.05) is 0 Å². The van der Waals surface area contributed by atoms with Crippen molar-refractivity contribution in [3.63, 3.8) is 0 Å². The number of hydrogen-bond acceptors (Lipinski definition) is 2. The number of fused-ring (bicyclic) bond motifs is 1. The van der Waals surface area contributed by atoms with Gasteiger partial charge in [-0.1, -0.05) is 35.3 Å². The third kappa shape index (κ3) is 2.17. The molecule has 0 saturated heterocycles. The Morgan fingerprint density at radius 2 is 2.00 bits per heavy atom. The summed E-state index contributed by atoms with van der Waals surface area (Å²) in [5.41, 5.74) is 1.43. The maximum absolute atomic E-state index is 13.9. The van der Waals surface area contributed by atoms with Gasteiger partial charge in [0.05, 0.1) is 16.3 Å². The predicted octanol–water partition coefficient (Wildman–Crippen LogP) is 4.02. The van der Waals surface area contributed by atoms with Crippen LogP contribution in [-0.2, 0) is 4.79 Å². The van der Waals surface area contributed by atoms with Crippen LogP contribution in [0.25, 0.3) is 11.6 Å². The number of rotatable bonds is 1. The van der Waals surface area contributed by atoms with Crippen molar-refractivity contribution in [2.45, 2.75) is 0 Å². The average Bonchev–Trinajstić information content (AvgIpc) is 2.71. The number of carbonyl (C=O) groups is 1. The first-order valence-corrected chi connectivity index (χ1v) is 6.46. The lowest BCUT2D eigenvalue weighted by atomic mass is 10.1. The summed E-state index contributed by atoms with van der Waals surface area (Å²) in [6.07, 6.45) is 1.41. The van der Waals surface area contributed by atoms with E-state index in [2.05, 4.69) is 10.3 Å². The Kier molecular flexibility index (Phi) is 3.20. The summed E-state index contributed by atoms with van der Waals surface area (Å²) < 4.78 is 13.9. The van der Waals surface area contributed by atoms with Crippen LogP contribution < -0.4 is 5.32 Å². The minimum Gasteiger partial charge on any atom is -0.320 e. The zero-order valence-electron chi connectivity index (χ0n) is 9.95. The molecule has 6 heteroatoms. The highest BCUT2D eigenvalue weighted by Gasteiger charge is 2.26. The molecule has 0 atom stereocenters. The Balaban J connectivity index is 2.15. The molecule has 1 aliphatic rings. The first-order valence-electron chi connectivity index (χ1n) is 5.70. The van der Waals surface area contributed by atoms with Crippen LogP contribution in [0.1, 0.15) is 11.3 Å². The lowest BCUT2D eigenvalue weighted by Crippen LogP contribution is -2.03. The SMILES string of the molecule is O=C1Nc2ccc(Cl)nc2/C1=C/c1cccc(Cl)c1F. The monoisotopic (exact) mass is 308 g/mol. The topological polar surface area (TPSA) is 42.0 Å². The molecule has 3 nitrogen and oxygen atoms in total. The van der Waals surface area contributed by atoms with Crippen molar-refractivity contribution in [1.82, 2.24) is 4.98 Å². The van der Waals surface area contributed by atoms with Gasteiger partial charge in [-0.3, -0.25) is 4.79 Å². The standard InChI is InChI=1S/C14H7Cl2FN2O/c15-9-3-1-2-7(12(9)17)6-8-13-10(18-14(8)20)4-5-11(16)19-13/h1-6H,(H,18,20)/b8-6-. The van der Waals surface area contributed by atoms with Gasteiger partial charge in [-0.25, -0.2) is 9.37 Å². The molecule has 2 heterocycles. The fraction of sp³-hybridized carbons (Fsp3) is 0. The van der Waals surface area contributed by atoms with Crippen molar-refractivity contribution < 1.29 is 9.18 Å². The van der Waals surface area contributed by atoms with Crippen LogP contribution in [-0.4, -0.2) is 10.9 Å². The lowest BCUT2D eigenvalue weighted by molar-refractivity contribution is -0.110. The Labute approximate surface area is 124 Å². The number of pyridine rings is 1. The molecular weight excluding hydrogens is 302 g/mol. The van der Waals surface area contributed by atoms with E-state index in [0.29, 0.717) is 11.4 Å². The van der Waals surface area contributed by atoms with Crippen molar-refractivity contribution in [3.05, 3.63) is 57.6 Å². The smallest absolute Gasteiger partial charge is 0.258 e. The molecular formula is C14H7Cl2FN2O. The zero-order valence-corrected chi connectivity index (χ0v) is 11.5. The summed E-state index contributed by atoms with van der Waals surface area (Å²) in [6, 6.07) is 7.80. The van der Waals surface area contributed by atoms with Gasteiger partial charge in [-0.2, -0.15) is 0 Å². The molecule has 0 aliphatic carbocycles. The highest BCUT2D eigenvalue weighted by molar-refractivity contribution is 6.35. The fourth-order valence-corrected chi connectivity index (χ4v) is 2.29. The third-order valence-corrected chi connectivity index (χ3v) is 3.39. The molecule has 1 aromatic heterocycles. The van der Waals surface area contributed by atoms with Gasteiger partial charge in [-0.05, 0) is 24.3 Å². The summed E-state index contributed by atoms with van der Waals surface area (Å²) in [5.74, 6) is -0.931. The number of amides is 1. The molecule has 20 heavy (non-hydrogen) atoms. The second kappa shape index (κ2) is 4.89. The number of nitrogens with one attached hydrogen (secondary N) is 1. The van der Waals surface area contributed by atoms with E-state index in [4.69, 9.17) is 23.2 Å². The minimum absolute atomic E-state index is 0.00275. The van der Waals surface area contributed by atoms with Crippen LogP contribution in [0, 0.1) is 5.82 Å². The van der Waals surface area contributed by atoms with Crippen LogP contribution in [0.5, 0.6) is 0 Å². The highest BCUT2D eigenvalue weighted by Crippen LogP contribution is 2.33. The second-order valence-corrected chi connectivity index (χ2v) is 4.98. The Hall–Kier alpha value is -1.91. The Bertz CT molecular complexity index is 759. The average molecular weight is 309 g/mol. The number of halogens is 3. The van der Waals surface area contributed by atoms with Gasteiger partial charge in [0.15, 0.2) is 0 Å². The van der Waals surface area contributed by atoms with Crippen LogP contribution in [0.4, 0.5) is 10.1 Å². The van der Waals surface area contributed by atoms with E-state index < -0.39 is 5.82 Å². The molecule has 1 N–H and O–H groups in total. The molecule has 0 fully saturated rings. The maximum Gasteiger partial charge on any atom is 0.258 e.